The number of anilines is 3. The van der Waals surface area contributed by atoms with Gasteiger partial charge in [0.25, 0.3) is 0 Å². The van der Waals surface area contributed by atoms with Crippen LogP contribution in [0.1, 0.15) is 19.5 Å². The lowest BCUT2D eigenvalue weighted by atomic mass is 10.1. The van der Waals surface area contributed by atoms with E-state index in [1.54, 1.807) is 38.0 Å². The Labute approximate surface area is 143 Å². The number of aryl methyl sites for hydroxylation is 1. The molecular weight excluding hydrogens is 328 g/mol. The minimum Gasteiger partial charge on any atom is -0.372 e. The highest BCUT2D eigenvalue weighted by atomic mass is 35.5. The summed E-state index contributed by atoms with van der Waals surface area (Å²) in [6, 6.07) is 2.22. The summed E-state index contributed by atoms with van der Waals surface area (Å²) in [6.45, 7) is 5.45. The number of aromatic nitrogens is 5. The van der Waals surface area contributed by atoms with Crippen LogP contribution in [-0.4, -0.2) is 31.8 Å². The van der Waals surface area contributed by atoms with Gasteiger partial charge in [0.05, 0.1) is 34.1 Å². The lowest BCUT2D eigenvalue weighted by Crippen LogP contribution is -2.24. The zero-order chi connectivity index (χ0) is 17.5. The van der Waals surface area contributed by atoms with Crippen molar-refractivity contribution in [3.05, 3.63) is 23.1 Å². The molecule has 3 rings (SSSR count). The average Bonchev–Trinajstić information content (AvgIpc) is 3.11. The Morgan fingerprint density at radius 2 is 2.12 bits per heavy atom. The highest BCUT2D eigenvalue weighted by Crippen LogP contribution is 2.30. The molecule has 3 N–H and O–H groups in total. The number of hydrogen-bond donors (Lipinski definition) is 3. The fraction of sp³-hybridized carbons (Fsp3) is 0.333. The predicted molar refractivity (Wildman–Crippen MR) is 93.6 cm³/mol. The van der Waals surface area contributed by atoms with E-state index in [2.05, 4.69) is 36.8 Å². The number of halogens is 1. The number of H-pyrrole nitrogens is 1. The Morgan fingerprint density at radius 3 is 2.79 bits per heavy atom. The highest BCUT2D eigenvalue weighted by molar-refractivity contribution is 6.36. The van der Waals surface area contributed by atoms with Crippen LogP contribution in [-0.2, 0) is 5.54 Å². The van der Waals surface area contributed by atoms with E-state index in [9.17, 15) is 5.26 Å². The molecule has 24 heavy (non-hydrogen) atoms. The summed E-state index contributed by atoms with van der Waals surface area (Å²) in [5.74, 6) is 1.03. The molecule has 0 amide bonds. The zero-order valence-corrected chi connectivity index (χ0v) is 14.5. The second-order valence-corrected chi connectivity index (χ2v) is 6.28. The maximum atomic E-state index is 9.25. The van der Waals surface area contributed by atoms with E-state index in [0.29, 0.717) is 22.4 Å². The molecule has 3 aromatic heterocycles. The lowest BCUT2D eigenvalue weighted by Gasteiger charge is -2.15. The van der Waals surface area contributed by atoms with Crippen molar-refractivity contribution in [1.29, 1.82) is 5.26 Å². The molecule has 0 aliphatic carbocycles. The quantitative estimate of drug-likeness (QED) is 0.671. The van der Waals surface area contributed by atoms with Crippen LogP contribution in [0.3, 0.4) is 0 Å². The Bertz CT molecular complexity index is 946. The first-order valence-electron chi connectivity index (χ1n) is 7.33. The van der Waals surface area contributed by atoms with Crippen molar-refractivity contribution in [3.63, 3.8) is 0 Å². The molecule has 0 spiro atoms. The van der Waals surface area contributed by atoms with Gasteiger partial charge >= 0.3 is 0 Å². The normalized spacial score (nSPS) is 11.5. The third kappa shape index (κ3) is 2.63. The fourth-order valence-electron chi connectivity index (χ4n) is 2.27. The molecule has 0 aliphatic heterocycles. The lowest BCUT2D eigenvalue weighted by molar-refractivity contribution is 0.416. The van der Waals surface area contributed by atoms with Crippen molar-refractivity contribution >= 4 is 40.1 Å². The first kappa shape index (κ1) is 16.1. The minimum atomic E-state index is -0.737. The van der Waals surface area contributed by atoms with Crippen LogP contribution in [0.5, 0.6) is 0 Å². The van der Waals surface area contributed by atoms with Crippen molar-refractivity contribution in [2.75, 3.05) is 17.7 Å². The van der Waals surface area contributed by atoms with Crippen LogP contribution in [0.4, 0.5) is 17.5 Å². The summed E-state index contributed by atoms with van der Waals surface area (Å²) in [5, 5.41) is 21.1. The first-order valence-corrected chi connectivity index (χ1v) is 7.71. The molecule has 124 valence electrons. The standard InChI is InChI=1S/C15H17ClN8/c1-8-10(6-24(23-8)15(2,3)7-17)20-14-21-12(18-4)11-9(16)5-19-13(11)22-14/h5-6H,1-4H3,(H3,18,19,20,21,22). The topological polar surface area (TPSA) is 107 Å². The Morgan fingerprint density at radius 1 is 1.38 bits per heavy atom. The van der Waals surface area contributed by atoms with Gasteiger partial charge in [0.15, 0.2) is 0 Å². The molecule has 0 saturated heterocycles. The van der Waals surface area contributed by atoms with Crippen LogP contribution >= 0.6 is 11.6 Å². The highest BCUT2D eigenvalue weighted by Gasteiger charge is 2.22. The number of hydrogen-bond acceptors (Lipinski definition) is 6. The third-order valence-corrected chi connectivity index (χ3v) is 4.01. The second kappa shape index (κ2) is 5.69. The number of fused-ring (bicyclic) bond motifs is 1. The van der Waals surface area contributed by atoms with Gasteiger partial charge in [-0.15, -0.1) is 0 Å². The molecule has 0 aliphatic rings. The smallest absolute Gasteiger partial charge is 0.231 e. The van der Waals surface area contributed by atoms with Gasteiger partial charge in [0.1, 0.15) is 17.0 Å². The molecule has 3 heterocycles. The molecule has 0 unspecified atom stereocenters. The van der Waals surface area contributed by atoms with E-state index in [1.165, 1.54) is 0 Å². The van der Waals surface area contributed by atoms with E-state index in [0.717, 1.165) is 16.8 Å². The number of nitrogens with zero attached hydrogens (tertiary/aromatic N) is 5. The Balaban J connectivity index is 2.00. The molecule has 0 saturated carbocycles. The molecule has 0 fully saturated rings. The maximum absolute atomic E-state index is 9.25. The van der Waals surface area contributed by atoms with Crippen LogP contribution < -0.4 is 10.6 Å². The zero-order valence-electron chi connectivity index (χ0n) is 13.8. The van der Waals surface area contributed by atoms with E-state index >= 15 is 0 Å². The van der Waals surface area contributed by atoms with Gasteiger partial charge < -0.3 is 15.6 Å². The van der Waals surface area contributed by atoms with Crippen LogP contribution in [0.2, 0.25) is 5.02 Å². The van der Waals surface area contributed by atoms with Gasteiger partial charge in [-0.25, -0.2) is 0 Å². The average molecular weight is 345 g/mol. The maximum Gasteiger partial charge on any atom is 0.231 e. The molecule has 8 nitrogen and oxygen atoms in total. The van der Waals surface area contributed by atoms with Gasteiger partial charge in [-0.1, -0.05) is 11.6 Å². The second-order valence-electron chi connectivity index (χ2n) is 5.87. The predicted octanol–water partition coefficient (Wildman–Crippen LogP) is 3.16. The van der Waals surface area contributed by atoms with Gasteiger partial charge in [-0.2, -0.15) is 20.3 Å². The molecule has 0 bridgehead atoms. The fourth-order valence-corrected chi connectivity index (χ4v) is 2.51. The SMILES string of the molecule is CNc1nc(Nc2cn(C(C)(C)C#N)nc2C)nc2[nH]cc(Cl)c12. The number of nitrogens with one attached hydrogen (secondary N) is 3. The van der Waals surface area contributed by atoms with E-state index < -0.39 is 5.54 Å². The minimum absolute atomic E-state index is 0.405. The Kier molecular flexibility index (Phi) is 3.81. The number of aromatic amines is 1. The summed E-state index contributed by atoms with van der Waals surface area (Å²) in [4.78, 5) is 11.9. The van der Waals surface area contributed by atoms with Crippen molar-refractivity contribution in [2.45, 2.75) is 26.3 Å². The molecule has 0 aromatic carbocycles. The summed E-state index contributed by atoms with van der Waals surface area (Å²) >= 11 is 6.15. The van der Waals surface area contributed by atoms with E-state index in [4.69, 9.17) is 11.6 Å². The molecule has 0 atom stereocenters. The van der Waals surface area contributed by atoms with Gasteiger partial charge in [0, 0.05) is 13.2 Å². The van der Waals surface area contributed by atoms with Crippen LogP contribution in [0.15, 0.2) is 12.4 Å². The summed E-state index contributed by atoms with van der Waals surface area (Å²) in [5.41, 5.74) is 1.37. The first-order chi connectivity index (χ1) is 11.4. The number of rotatable bonds is 4. The van der Waals surface area contributed by atoms with Gasteiger partial charge in [-0.3, -0.25) is 4.68 Å². The van der Waals surface area contributed by atoms with Gasteiger partial charge in [-0.05, 0) is 20.8 Å². The molecule has 9 heteroatoms. The monoisotopic (exact) mass is 344 g/mol. The molecule has 3 aromatic rings. The third-order valence-electron chi connectivity index (χ3n) is 3.71. The summed E-state index contributed by atoms with van der Waals surface area (Å²) in [7, 11) is 1.77. The van der Waals surface area contributed by atoms with Crippen molar-refractivity contribution in [2.24, 2.45) is 0 Å². The Hall–Kier alpha value is -2.79. The molecule has 0 radical (unpaired) electrons. The van der Waals surface area contributed by atoms with E-state index in [-0.39, 0.29) is 0 Å². The molecular formula is C15H17ClN8. The largest absolute Gasteiger partial charge is 0.372 e. The van der Waals surface area contributed by atoms with E-state index in [1.807, 2.05) is 6.92 Å². The van der Waals surface area contributed by atoms with Crippen LogP contribution in [0, 0.1) is 18.3 Å². The van der Waals surface area contributed by atoms with Gasteiger partial charge in [0.2, 0.25) is 5.95 Å². The van der Waals surface area contributed by atoms with Crippen molar-refractivity contribution in [1.82, 2.24) is 24.7 Å². The summed E-state index contributed by atoms with van der Waals surface area (Å²) < 4.78 is 1.62. The van der Waals surface area contributed by atoms with Crippen molar-refractivity contribution in [3.8, 4) is 6.07 Å². The summed E-state index contributed by atoms with van der Waals surface area (Å²) in [6.07, 6.45) is 3.44. The van der Waals surface area contributed by atoms with Crippen molar-refractivity contribution < 1.29 is 0 Å². The number of nitriles is 1. The van der Waals surface area contributed by atoms with Crippen LogP contribution in [0.25, 0.3) is 11.0 Å².